The molecule has 0 aromatic rings. The van der Waals surface area contributed by atoms with E-state index in [4.69, 9.17) is 5.11 Å². The maximum Gasteiger partial charge on any atom is 0.181 e. The molecule has 0 unspecified atom stereocenters. The van der Waals surface area contributed by atoms with Crippen molar-refractivity contribution in [1.82, 2.24) is 0 Å². The Bertz CT molecular complexity index is 124. The Morgan fingerprint density at radius 3 is 2.50 bits per heavy atom. The van der Waals surface area contributed by atoms with Gasteiger partial charge in [0.25, 0.3) is 0 Å². The zero-order valence-corrected chi connectivity index (χ0v) is 5.48. The van der Waals surface area contributed by atoms with Gasteiger partial charge in [-0.15, -0.1) is 0 Å². The van der Waals surface area contributed by atoms with Crippen LogP contribution in [-0.4, -0.2) is 10.2 Å². The first-order valence-corrected chi connectivity index (χ1v) is 2.70. The SMILES string of the molecule is C/C=C/C=C/C(O)=S. The molecule has 0 heterocycles. The molecule has 0 aliphatic rings. The van der Waals surface area contributed by atoms with Gasteiger partial charge in [0.15, 0.2) is 5.05 Å². The summed E-state index contributed by atoms with van der Waals surface area (Å²) in [6.07, 6.45) is 6.79. The minimum absolute atomic E-state index is 0.0805. The van der Waals surface area contributed by atoms with Gasteiger partial charge in [-0.3, -0.25) is 0 Å². The van der Waals surface area contributed by atoms with Gasteiger partial charge in [-0.2, -0.15) is 0 Å². The lowest BCUT2D eigenvalue weighted by Gasteiger charge is -1.75. The zero-order chi connectivity index (χ0) is 6.41. The van der Waals surface area contributed by atoms with E-state index in [2.05, 4.69) is 12.2 Å². The van der Waals surface area contributed by atoms with Crippen LogP contribution in [0.3, 0.4) is 0 Å². The molecule has 0 saturated carbocycles. The maximum absolute atomic E-state index is 8.39. The van der Waals surface area contributed by atoms with Crippen LogP contribution in [0.1, 0.15) is 6.92 Å². The lowest BCUT2D eigenvalue weighted by molar-refractivity contribution is 0.574. The summed E-state index contributed by atoms with van der Waals surface area (Å²) in [6, 6.07) is 0. The van der Waals surface area contributed by atoms with Gasteiger partial charge in [0, 0.05) is 0 Å². The predicted octanol–water partition coefficient (Wildman–Crippen LogP) is 2.00. The molecule has 0 fully saturated rings. The van der Waals surface area contributed by atoms with Gasteiger partial charge < -0.3 is 5.11 Å². The highest BCUT2D eigenvalue weighted by Gasteiger charge is 1.72. The van der Waals surface area contributed by atoms with Crippen LogP contribution in [0.15, 0.2) is 24.3 Å². The van der Waals surface area contributed by atoms with Crippen LogP contribution in [-0.2, 0) is 0 Å². The molecule has 2 heteroatoms. The van der Waals surface area contributed by atoms with Gasteiger partial charge in [-0.1, -0.05) is 18.2 Å². The molecular formula is C6H8OS. The highest BCUT2D eigenvalue weighted by Crippen LogP contribution is 1.77. The summed E-state index contributed by atoms with van der Waals surface area (Å²) in [7, 11) is 0. The second kappa shape index (κ2) is 4.53. The average molecular weight is 128 g/mol. The normalized spacial score (nSPS) is 11.1. The molecule has 0 amide bonds. The highest BCUT2D eigenvalue weighted by molar-refractivity contribution is 7.80. The number of aliphatic hydroxyl groups excluding tert-OH is 1. The fourth-order valence-electron chi connectivity index (χ4n) is 0.249. The summed E-state index contributed by atoms with van der Waals surface area (Å²) < 4.78 is 0. The number of hydrogen-bond acceptors (Lipinski definition) is 1. The van der Waals surface area contributed by atoms with E-state index >= 15 is 0 Å². The van der Waals surface area contributed by atoms with Crippen molar-refractivity contribution >= 4 is 17.3 Å². The Morgan fingerprint density at radius 2 is 2.12 bits per heavy atom. The van der Waals surface area contributed by atoms with Crippen LogP contribution >= 0.6 is 12.2 Å². The van der Waals surface area contributed by atoms with E-state index in [9.17, 15) is 0 Å². The number of hydrogen-bond donors (Lipinski definition) is 1. The van der Waals surface area contributed by atoms with Crippen molar-refractivity contribution in [2.45, 2.75) is 6.92 Å². The summed E-state index contributed by atoms with van der Waals surface area (Å²) in [5, 5.41) is 8.31. The standard InChI is InChI=1S/C6H8OS/c1-2-3-4-5-6(7)8/h2-5H,1H3,(H,7,8)/b3-2+,5-4+. The lowest BCUT2D eigenvalue weighted by Crippen LogP contribution is -1.79. The van der Waals surface area contributed by atoms with E-state index < -0.39 is 0 Å². The Morgan fingerprint density at radius 1 is 1.50 bits per heavy atom. The van der Waals surface area contributed by atoms with Crippen LogP contribution in [0.4, 0.5) is 0 Å². The quantitative estimate of drug-likeness (QED) is 0.349. The van der Waals surface area contributed by atoms with Crippen molar-refractivity contribution in [3.05, 3.63) is 24.3 Å². The molecular weight excluding hydrogens is 120 g/mol. The molecule has 0 saturated heterocycles. The van der Waals surface area contributed by atoms with Gasteiger partial charge >= 0.3 is 0 Å². The zero-order valence-electron chi connectivity index (χ0n) is 4.66. The summed E-state index contributed by atoms with van der Waals surface area (Å²) in [5.41, 5.74) is 0. The monoisotopic (exact) mass is 128 g/mol. The number of allylic oxidation sites excluding steroid dienone is 3. The summed E-state index contributed by atoms with van der Waals surface area (Å²) in [5.74, 6) is 0. The smallest absolute Gasteiger partial charge is 0.181 e. The van der Waals surface area contributed by atoms with Crippen LogP contribution in [0.5, 0.6) is 0 Å². The molecule has 0 atom stereocenters. The fraction of sp³-hybridized carbons (Fsp3) is 0.167. The molecule has 8 heavy (non-hydrogen) atoms. The third kappa shape index (κ3) is 5.37. The van der Waals surface area contributed by atoms with Crippen LogP contribution in [0.2, 0.25) is 0 Å². The van der Waals surface area contributed by atoms with Crippen LogP contribution in [0, 0.1) is 0 Å². The van der Waals surface area contributed by atoms with E-state index in [1.54, 1.807) is 12.2 Å². The van der Waals surface area contributed by atoms with Gasteiger partial charge in [-0.25, -0.2) is 0 Å². The highest BCUT2D eigenvalue weighted by atomic mass is 32.1. The average Bonchev–Trinajstić information content (AvgIpc) is 1.66. The lowest BCUT2D eigenvalue weighted by atomic mass is 10.4. The minimum Gasteiger partial charge on any atom is -0.499 e. The first-order valence-electron chi connectivity index (χ1n) is 2.29. The largest absolute Gasteiger partial charge is 0.499 e. The molecule has 0 bridgehead atoms. The molecule has 0 aliphatic heterocycles. The molecule has 0 rings (SSSR count). The maximum atomic E-state index is 8.39. The predicted molar refractivity (Wildman–Crippen MR) is 39.2 cm³/mol. The van der Waals surface area contributed by atoms with Crippen molar-refractivity contribution in [3.8, 4) is 0 Å². The summed E-state index contributed by atoms with van der Waals surface area (Å²) in [4.78, 5) is 0. The van der Waals surface area contributed by atoms with Crippen molar-refractivity contribution in [2.24, 2.45) is 0 Å². The van der Waals surface area contributed by atoms with Crippen LogP contribution < -0.4 is 0 Å². The van der Waals surface area contributed by atoms with Crippen molar-refractivity contribution < 1.29 is 5.11 Å². The van der Waals surface area contributed by atoms with Gasteiger partial charge in [0.05, 0.1) is 0 Å². The van der Waals surface area contributed by atoms with Crippen molar-refractivity contribution in [1.29, 1.82) is 0 Å². The third-order valence-corrected chi connectivity index (χ3v) is 0.678. The molecule has 44 valence electrons. The van der Waals surface area contributed by atoms with E-state index in [1.165, 1.54) is 6.08 Å². The van der Waals surface area contributed by atoms with Gasteiger partial charge in [-0.05, 0) is 25.2 Å². The molecule has 0 aromatic carbocycles. The second-order valence-corrected chi connectivity index (χ2v) is 1.64. The van der Waals surface area contributed by atoms with Gasteiger partial charge in [0.1, 0.15) is 0 Å². The van der Waals surface area contributed by atoms with E-state index in [0.717, 1.165) is 0 Å². The third-order valence-electron chi connectivity index (χ3n) is 0.542. The molecule has 0 aromatic heterocycles. The molecule has 0 radical (unpaired) electrons. The second-order valence-electron chi connectivity index (χ2n) is 1.22. The number of aliphatic hydroxyl groups is 1. The van der Waals surface area contributed by atoms with Crippen LogP contribution in [0.25, 0.3) is 0 Å². The number of thiocarbonyl (C=S) groups is 1. The van der Waals surface area contributed by atoms with E-state index in [-0.39, 0.29) is 5.05 Å². The topological polar surface area (TPSA) is 20.2 Å². The Kier molecular flexibility index (Phi) is 4.17. The fourth-order valence-corrected chi connectivity index (χ4v) is 0.328. The van der Waals surface area contributed by atoms with Crippen molar-refractivity contribution in [3.63, 3.8) is 0 Å². The molecule has 1 nitrogen and oxygen atoms in total. The Hall–Kier alpha value is -0.630. The molecule has 0 spiro atoms. The van der Waals surface area contributed by atoms with E-state index in [1.807, 2.05) is 13.0 Å². The first kappa shape index (κ1) is 7.37. The summed E-state index contributed by atoms with van der Waals surface area (Å²) >= 11 is 4.34. The Labute approximate surface area is 54.3 Å². The molecule has 0 aliphatic carbocycles. The van der Waals surface area contributed by atoms with E-state index in [0.29, 0.717) is 0 Å². The van der Waals surface area contributed by atoms with Crippen molar-refractivity contribution in [2.75, 3.05) is 0 Å². The first-order chi connectivity index (χ1) is 3.77. The molecule has 1 N–H and O–H groups in total. The Balaban J connectivity index is 3.50. The minimum atomic E-state index is -0.0805. The number of rotatable bonds is 2. The van der Waals surface area contributed by atoms with Gasteiger partial charge in [0.2, 0.25) is 0 Å². The summed E-state index contributed by atoms with van der Waals surface area (Å²) in [6.45, 7) is 1.89.